The molecule has 2 aromatic carbocycles. The molecule has 3 rings (SSSR count). The fraction of sp³-hybridized carbons (Fsp3) is 0.125. The number of aromatic nitrogens is 2. The first-order valence-electron chi connectivity index (χ1n) is 6.70. The van der Waals surface area contributed by atoms with E-state index in [0.29, 0.717) is 5.69 Å². The number of nitrogens with zero attached hydrogens (tertiary/aromatic N) is 2. The topological polar surface area (TPSA) is 93.1 Å². The van der Waals surface area contributed by atoms with E-state index in [1.54, 1.807) is 0 Å². The van der Waals surface area contributed by atoms with E-state index in [9.17, 15) is 0 Å². The van der Waals surface area contributed by atoms with Gasteiger partial charge in [0, 0.05) is 5.56 Å². The van der Waals surface area contributed by atoms with Crippen LogP contribution in [0.3, 0.4) is 0 Å². The number of guanidine groups is 1. The highest BCUT2D eigenvalue weighted by Crippen LogP contribution is 2.26. The van der Waals surface area contributed by atoms with Gasteiger partial charge in [0.2, 0.25) is 0 Å². The third-order valence-corrected chi connectivity index (χ3v) is 3.36. The molecule has 0 radical (unpaired) electrons. The Hall–Kier alpha value is -2.82. The minimum Gasteiger partial charge on any atom is -0.370 e. The summed E-state index contributed by atoms with van der Waals surface area (Å²) >= 11 is 0. The van der Waals surface area contributed by atoms with Gasteiger partial charge in [0.1, 0.15) is 5.82 Å². The first-order chi connectivity index (χ1) is 10.0. The van der Waals surface area contributed by atoms with E-state index < -0.39 is 0 Å². The number of hydrogen-bond donors (Lipinski definition) is 3. The highest BCUT2D eigenvalue weighted by Gasteiger charge is 2.08. The average molecular weight is 279 g/mol. The average Bonchev–Trinajstić information content (AvgIpc) is 2.80. The van der Waals surface area contributed by atoms with Crippen molar-refractivity contribution in [3.63, 3.8) is 0 Å². The Morgan fingerprint density at radius 2 is 1.90 bits per heavy atom. The van der Waals surface area contributed by atoms with Gasteiger partial charge < -0.3 is 16.5 Å². The van der Waals surface area contributed by atoms with E-state index >= 15 is 0 Å². The normalized spacial score (nSPS) is 10.8. The maximum Gasteiger partial charge on any atom is 0.191 e. The summed E-state index contributed by atoms with van der Waals surface area (Å²) in [5, 5.41) is 0. The van der Waals surface area contributed by atoms with Crippen molar-refractivity contribution < 1.29 is 0 Å². The molecule has 0 amide bonds. The van der Waals surface area contributed by atoms with Gasteiger partial charge in [-0.25, -0.2) is 9.98 Å². The van der Waals surface area contributed by atoms with Gasteiger partial charge in [-0.1, -0.05) is 23.8 Å². The van der Waals surface area contributed by atoms with Gasteiger partial charge in [-0.15, -0.1) is 0 Å². The number of aliphatic imine (C=N–C) groups is 1. The van der Waals surface area contributed by atoms with Crippen molar-refractivity contribution in [2.45, 2.75) is 13.8 Å². The lowest BCUT2D eigenvalue weighted by Gasteiger charge is -2.03. The summed E-state index contributed by atoms with van der Waals surface area (Å²) in [6.45, 7) is 4.16. The minimum atomic E-state index is 0.0449. The molecule has 0 bridgehead atoms. The second kappa shape index (κ2) is 4.94. The van der Waals surface area contributed by atoms with Crippen LogP contribution in [0, 0.1) is 13.8 Å². The highest BCUT2D eigenvalue weighted by molar-refractivity contribution is 5.85. The van der Waals surface area contributed by atoms with Gasteiger partial charge in [0.15, 0.2) is 5.96 Å². The third-order valence-electron chi connectivity index (χ3n) is 3.36. The summed E-state index contributed by atoms with van der Waals surface area (Å²) in [6.07, 6.45) is 0. The number of hydrogen-bond acceptors (Lipinski definition) is 2. The minimum absolute atomic E-state index is 0.0449. The van der Waals surface area contributed by atoms with Gasteiger partial charge in [-0.05, 0) is 37.6 Å². The zero-order chi connectivity index (χ0) is 15.0. The van der Waals surface area contributed by atoms with Crippen molar-refractivity contribution >= 4 is 22.7 Å². The summed E-state index contributed by atoms with van der Waals surface area (Å²) in [4.78, 5) is 12.0. The molecule has 1 heterocycles. The zero-order valence-corrected chi connectivity index (χ0v) is 12.0. The molecule has 0 fully saturated rings. The van der Waals surface area contributed by atoms with Gasteiger partial charge >= 0.3 is 0 Å². The highest BCUT2D eigenvalue weighted by atomic mass is 15.0. The molecule has 0 aliphatic rings. The van der Waals surface area contributed by atoms with Crippen molar-refractivity contribution in [1.82, 2.24) is 9.97 Å². The maximum atomic E-state index is 5.40. The summed E-state index contributed by atoms with van der Waals surface area (Å²) in [5.41, 5.74) is 16.8. The van der Waals surface area contributed by atoms with E-state index in [1.165, 1.54) is 11.1 Å². The predicted molar refractivity (Wildman–Crippen MR) is 86.5 cm³/mol. The second-order valence-electron chi connectivity index (χ2n) is 5.14. The molecular weight excluding hydrogens is 262 g/mol. The molecule has 0 aliphatic carbocycles. The monoisotopic (exact) mass is 279 g/mol. The first kappa shape index (κ1) is 13.2. The molecule has 0 saturated carbocycles. The van der Waals surface area contributed by atoms with E-state index in [1.807, 2.05) is 18.2 Å². The summed E-state index contributed by atoms with van der Waals surface area (Å²) < 4.78 is 0. The lowest BCUT2D eigenvalue weighted by atomic mass is 10.1. The molecule has 0 unspecified atom stereocenters. The Balaban J connectivity index is 2.10. The third kappa shape index (κ3) is 2.58. The van der Waals surface area contributed by atoms with Crippen LogP contribution in [0.5, 0.6) is 0 Å². The lowest BCUT2D eigenvalue weighted by molar-refractivity contribution is 1.29. The molecule has 5 heteroatoms. The molecule has 1 aromatic heterocycles. The van der Waals surface area contributed by atoms with Crippen LogP contribution in [0.4, 0.5) is 5.69 Å². The van der Waals surface area contributed by atoms with E-state index in [4.69, 9.17) is 11.5 Å². The smallest absolute Gasteiger partial charge is 0.191 e. The summed E-state index contributed by atoms with van der Waals surface area (Å²) in [7, 11) is 0. The van der Waals surface area contributed by atoms with Crippen molar-refractivity contribution in [3.8, 4) is 11.4 Å². The zero-order valence-electron chi connectivity index (χ0n) is 12.0. The number of aryl methyl sites for hydroxylation is 2. The number of H-pyrrole nitrogens is 1. The predicted octanol–water partition coefficient (Wildman–Crippen LogP) is 2.75. The quantitative estimate of drug-likeness (QED) is 0.497. The molecule has 0 atom stereocenters. The van der Waals surface area contributed by atoms with Crippen LogP contribution in [0.15, 0.2) is 41.4 Å². The van der Waals surface area contributed by atoms with Crippen molar-refractivity contribution in [3.05, 3.63) is 47.5 Å². The van der Waals surface area contributed by atoms with Gasteiger partial charge in [0.25, 0.3) is 0 Å². The van der Waals surface area contributed by atoms with Crippen LogP contribution >= 0.6 is 0 Å². The Bertz CT molecular complexity index is 841. The molecule has 21 heavy (non-hydrogen) atoms. The number of fused-ring (bicyclic) bond motifs is 1. The maximum absolute atomic E-state index is 5.40. The number of benzene rings is 2. The van der Waals surface area contributed by atoms with Crippen LogP contribution in [0.1, 0.15) is 11.1 Å². The van der Waals surface area contributed by atoms with Gasteiger partial charge in [-0.3, -0.25) is 0 Å². The fourth-order valence-corrected chi connectivity index (χ4v) is 2.42. The van der Waals surface area contributed by atoms with Crippen LogP contribution in [-0.4, -0.2) is 15.9 Å². The van der Waals surface area contributed by atoms with E-state index in [2.05, 4.69) is 47.0 Å². The fourth-order valence-electron chi connectivity index (χ4n) is 2.42. The van der Waals surface area contributed by atoms with Crippen molar-refractivity contribution in [1.29, 1.82) is 0 Å². The molecule has 106 valence electrons. The Morgan fingerprint density at radius 3 is 2.62 bits per heavy atom. The number of rotatable bonds is 2. The van der Waals surface area contributed by atoms with Gasteiger partial charge in [-0.2, -0.15) is 0 Å². The number of imidazole rings is 1. The Morgan fingerprint density at radius 1 is 1.10 bits per heavy atom. The lowest BCUT2D eigenvalue weighted by Crippen LogP contribution is -2.21. The summed E-state index contributed by atoms with van der Waals surface area (Å²) in [6, 6.07) is 11.9. The first-order valence-corrected chi connectivity index (χ1v) is 6.70. The van der Waals surface area contributed by atoms with Crippen molar-refractivity contribution in [2.75, 3.05) is 0 Å². The molecule has 0 saturated heterocycles. The van der Waals surface area contributed by atoms with E-state index in [-0.39, 0.29) is 5.96 Å². The number of nitrogens with two attached hydrogens (primary N) is 2. The molecule has 0 aliphatic heterocycles. The number of nitrogens with one attached hydrogen (secondary N) is 1. The largest absolute Gasteiger partial charge is 0.370 e. The molecule has 5 N–H and O–H groups in total. The standard InChI is InChI=1S/C16H17N5/c1-9-3-5-12(10(2)7-9)15-20-13-6-4-11(19-16(17)18)8-14(13)21-15/h3-8H,1-2H3,(H,20,21)(H4,17,18,19). The van der Waals surface area contributed by atoms with Crippen LogP contribution in [-0.2, 0) is 0 Å². The summed E-state index contributed by atoms with van der Waals surface area (Å²) in [5.74, 6) is 0.896. The van der Waals surface area contributed by atoms with Crippen LogP contribution < -0.4 is 11.5 Å². The second-order valence-corrected chi connectivity index (χ2v) is 5.14. The number of aromatic amines is 1. The van der Waals surface area contributed by atoms with E-state index in [0.717, 1.165) is 22.4 Å². The molecule has 3 aromatic rings. The van der Waals surface area contributed by atoms with Crippen molar-refractivity contribution in [2.24, 2.45) is 16.5 Å². The SMILES string of the molecule is Cc1ccc(-c2nc3ccc(N=C(N)N)cc3[nH]2)c(C)c1. The molecule has 0 spiro atoms. The molecular formula is C16H17N5. The molecule has 5 nitrogen and oxygen atoms in total. The van der Waals surface area contributed by atoms with Gasteiger partial charge in [0.05, 0.1) is 16.7 Å². The van der Waals surface area contributed by atoms with Crippen LogP contribution in [0.25, 0.3) is 22.4 Å². The Labute approximate surface area is 122 Å². The van der Waals surface area contributed by atoms with Crippen LogP contribution in [0.2, 0.25) is 0 Å². The Kier molecular flexibility index (Phi) is 3.10.